The van der Waals surface area contributed by atoms with Crippen LogP contribution in [0, 0.1) is 11.8 Å². The molecule has 2 aliphatic heterocycles. The van der Waals surface area contributed by atoms with Gasteiger partial charge in [0, 0.05) is 5.92 Å². The Morgan fingerprint density at radius 1 is 0.969 bits per heavy atom. The quantitative estimate of drug-likeness (QED) is 0.477. The van der Waals surface area contributed by atoms with Gasteiger partial charge in [-0.25, -0.2) is 0 Å². The second kappa shape index (κ2) is 10.9. The van der Waals surface area contributed by atoms with E-state index in [1.54, 1.807) is 6.92 Å². The molecule has 0 saturated carbocycles. The van der Waals surface area contributed by atoms with Crippen LogP contribution < -0.4 is 9.47 Å². The van der Waals surface area contributed by atoms with E-state index in [0.717, 1.165) is 25.2 Å². The lowest BCUT2D eigenvalue weighted by Gasteiger charge is -2.37. The number of rotatable bonds is 10. The summed E-state index contributed by atoms with van der Waals surface area (Å²) >= 11 is 0. The van der Waals surface area contributed by atoms with Crippen molar-refractivity contribution in [1.82, 2.24) is 9.97 Å². The van der Waals surface area contributed by atoms with Crippen LogP contribution in [-0.2, 0) is 18.9 Å². The summed E-state index contributed by atoms with van der Waals surface area (Å²) in [5, 5.41) is 0. The van der Waals surface area contributed by atoms with Gasteiger partial charge in [0.1, 0.15) is 0 Å². The highest BCUT2D eigenvalue weighted by atomic mass is 19.3. The lowest BCUT2D eigenvalue weighted by atomic mass is 10.0. The van der Waals surface area contributed by atoms with E-state index < -0.39 is 37.3 Å². The zero-order valence-corrected chi connectivity index (χ0v) is 18.0. The Balaban J connectivity index is 1.46. The van der Waals surface area contributed by atoms with Crippen molar-refractivity contribution in [3.05, 3.63) is 12.4 Å². The maximum atomic E-state index is 14.5. The highest BCUT2D eigenvalue weighted by molar-refractivity contribution is 5.14. The van der Waals surface area contributed by atoms with Crippen molar-refractivity contribution in [3.63, 3.8) is 0 Å². The van der Waals surface area contributed by atoms with Crippen LogP contribution in [0.1, 0.15) is 39.5 Å². The van der Waals surface area contributed by atoms with Crippen molar-refractivity contribution in [1.29, 1.82) is 0 Å². The molecule has 2 unspecified atom stereocenters. The lowest BCUT2D eigenvalue weighted by Crippen LogP contribution is -2.49. The van der Waals surface area contributed by atoms with Crippen molar-refractivity contribution >= 4 is 0 Å². The monoisotopic (exact) mass is 468 g/mol. The van der Waals surface area contributed by atoms with Crippen molar-refractivity contribution in [2.75, 3.05) is 26.4 Å². The molecular formula is C20H28F4N2O6. The fraction of sp³-hybridized carbons (Fsp3) is 0.800. The number of hydrogen-bond acceptors (Lipinski definition) is 8. The maximum Gasteiger partial charge on any atom is 0.408 e. The first-order chi connectivity index (χ1) is 15.2. The molecule has 182 valence electrons. The predicted octanol–water partition coefficient (Wildman–Crippen LogP) is 4.00. The molecule has 2 aliphatic rings. The third kappa shape index (κ3) is 6.63. The molecule has 2 fully saturated rings. The molecule has 12 heteroatoms. The van der Waals surface area contributed by atoms with Crippen LogP contribution in [0.15, 0.2) is 12.4 Å². The predicted molar refractivity (Wildman–Crippen MR) is 101 cm³/mol. The Bertz CT molecular complexity index is 696. The third-order valence-corrected chi connectivity index (χ3v) is 5.07. The summed E-state index contributed by atoms with van der Waals surface area (Å²) in [5.74, 6) is -1.56. The van der Waals surface area contributed by atoms with Crippen molar-refractivity contribution in [2.45, 2.75) is 64.3 Å². The largest absolute Gasteiger partial charge is 0.464 e. The van der Waals surface area contributed by atoms with Gasteiger partial charge in [0.2, 0.25) is 0 Å². The van der Waals surface area contributed by atoms with Crippen molar-refractivity contribution in [2.24, 2.45) is 11.8 Å². The lowest BCUT2D eigenvalue weighted by molar-refractivity contribution is -0.416. The van der Waals surface area contributed by atoms with Crippen LogP contribution in [0.25, 0.3) is 0 Å². The van der Waals surface area contributed by atoms with Gasteiger partial charge in [0.15, 0.2) is 12.0 Å². The molecule has 8 nitrogen and oxygen atoms in total. The van der Waals surface area contributed by atoms with Crippen LogP contribution >= 0.6 is 0 Å². The Morgan fingerprint density at radius 2 is 1.66 bits per heavy atom. The molecule has 0 bridgehead atoms. The van der Waals surface area contributed by atoms with Crippen LogP contribution in [-0.4, -0.2) is 61.2 Å². The highest BCUT2D eigenvalue weighted by Crippen LogP contribution is 2.37. The average molecular weight is 468 g/mol. The summed E-state index contributed by atoms with van der Waals surface area (Å²) in [6.07, 6.45) is -7.11. The number of aromatic nitrogens is 2. The van der Waals surface area contributed by atoms with Crippen molar-refractivity contribution in [3.8, 4) is 11.8 Å². The Kier molecular flexibility index (Phi) is 8.48. The fourth-order valence-electron chi connectivity index (χ4n) is 3.43. The zero-order chi connectivity index (χ0) is 23.2. The molecule has 32 heavy (non-hydrogen) atoms. The SMILES string of the molecule is CCCC1COC(C(F)(F)OC2CCC(C(F)(F)Oc3cnc(OCC)nc3)CO2)OC1. The van der Waals surface area contributed by atoms with Crippen LogP contribution in [0.4, 0.5) is 17.6 Å². The molecule has 1 aromatic heterocycles. The molecule has 2 saturated heterocycles. The highest BCUT2D eigenvalue weighted by Gasteiger charge is 2.50. The van der Waals surface area contributed by atoms with Crippen LogP contribution in [0.5, 0.6) is 11.8 Å². The van der Waals surface area contributed by atoms with Crippen LogP contribution in [0.2, 0.25) is 0 Å². The first-order valence-corrected chi connectivity index (χ1v) is 10.7. The molecule has 2 atom stereocenters. The maximum absolute atomic E-state index is 14.5. The summed E-state index contributed by atoms with van der Waals surface area (Å²) in [6.45, 7) is 3.80. The summed E-state index contributed by atoms with van der Waals surface area (Å²) in [6, 6.07) is 0.0388. The molecule has 0 amide bonds. The van der Waals surface area contributed by atoms with E-state index in [1.807, 2.05) is 6.92 Å². The van der Waals surface area contributed by atoms with Gasteiger partial charge in [-0.15, -0.1) is 0 Å². The Morgan fingerprint density at radius 3 is 2.22 bits per heavy atom. The summed E-state index contributed by atoms with van der Waals surface area (Å²) in [7, 11) is 0. The average Bonchev–Trinajstić information content (AvgIpc) is 2.76. The second-order valence-corrected chi connectivity index (χ2v) is 7.67. The number of halogens is 4. The van der Waals surface area contributed by atoms with E-state index >= 15 is 0 Å². The molecule has 0 spiro atoms. The molecule has 3 heterocycles. The van der Waals surface area contributed by atoms with E-state index in [1.165, 1.54) is 0 Å². The van der Waals surface area contributed by atoms with Gasteiger partial charge in [-0.05, 0) is 26.2 Å². The molecule has 0 radical (unpaired) electrons. The molecule has 0 aromatic carbocycles. The minimum atomic E-state index is -3.77. The zero-order valence-electron chi connectivity index (χ0n) is 18.0. The third-order valence-electron chi connectivity index (χ3n) is 5.07. The Labute approximate surface area is 183 Å². The topological polar surface area (TPSA) is 81.2 Å². The molecule has 0 aliphatic carbocycles. The normalized spacial score (nSPS) is 27.2. The Hall–Kier alpha value is -1.76. The van der Waals surface area contributed by atoms with Gasteiger partial charge in [-0.3, -0.25) is 4.74 Å². The number of hydrogen-bond donors (Lipinski definition) is 0. The molecule has 1 aromatic rings. The number of alkyl halides is 4. The number of nitrogens with zero attached hydrogens (tertiary/aromatic N) is 2. The van der Waals surface area contributed by atoms with Gasteiger partial charge in [-0.1, -0.05) is 13.3 Å². The van der Waals surface area contributed by atoms with Gasteiger partial charge in [0.25, 0.3) is 6.29 Å². The van der Waals surface area contributed by atoms with Gasteiger partial charge in [0.05, 0.1) is 44.7 Å². The molecular weight excluding hydrogens is 440 g/mol. The molecule has 3 rings (SSSR count). The van der Waals surface area contributed by atoms with Crippen molar-refractivity contribution < 1.29 is 46.0 Å². The second-order valence-electron chi connectivity index (χ2n) is 7.67. The standard InChI is InChI=1S/C20H28F4N2O6/c1-3-5-13-10-29-17(30-11-13)20(23,24)32-16-7-6-14(12-28-16)19(21,22)31-15-8-25-18(26-9-15)27-4-2/h8-9,13-14,16-17H,3-7,10-12H2,1-2H3. The smallest absolute Gasteiger partial charge is 0.408 e. The van der Waals surface area contributed by atoms with Gasteiger partial charge < -0.3 is 23.7 Å². The van der Waals surface area contributed by atoms with E-state index in [2.05, 4.69) is 9.97 Å². The van der Waals surface area contributed by atoms with Gasteiger partial charge in [-0.2, -0.15) is 27.5 Å². The van der Waals surface area contributed by atoms with E-state index in [4.69, 9.17) is 28.4 Å². The molecule has 0 N–H and O–H groups in total. The van der Waals surface area contributed by atoms with E-state index in [-0.39, 0.29) is 43.7 Å². The minimum absolute atomic E-state index is 0.0388. The summed E-state index contributed by atoms with van der Waals surface area (Å²) in [4.78, 5) is 7.52. The van der Waals surface area contributed by atoms with Crippen LogP contribution in [0.3, 0.4) is 0 Å². The van der Waals surface area contributed by atoms with E-state index in [0.29, 0.717) is 6.61 Å². The van der Waals surface area contributed by atoms with Gasteiger partial charge >= 0.3 is 18.2 Å². The first-order valence-electron chi connectivity index (χ1n) is 10.7. The number of ether oxygens (including phenoxy) is 6. The minimum Gasteiger partial charge on any atom is -0.464 e. The first kappa shape index (κ1) is 24.9. The summed E-state index contributed by atoms with van der Waals surface area (Å²) in [5.41, 5.74) is 0. The van der Waals surface area contributed by atoms with E-state index in [9.17, 15) is 17.6 Å². The summed E-state index contributed by atoms with van der Waals surface area (Å²) < 4.78 is 87.5. The fourth-order valence-corrected chi connectivity index (χ4v) is 3.43.